The number of nitrogens with zero attached hydrogens (tertiary/aromatic N) is 2. The van der Waals surface area contributed by atoms with Gasteiger partial charge >= 0.3 is 0 Å². The highest BCUT2D eigenvalue weighted by Gasteiger charge is 2.27. The molecule has 0 bridgehead atoms. The van der Waals surface area contributed by atoms with Crippen LogP contribution in [0.25, 0.3) is 0 Å². The minimum absolute atomic E-state index is 0.0389. The predicted molar refractivity (Wildman–Crippen MR) is 151 cm³/mol. The van der Waals surface area contributed by atoms with Crippen molar-refractivity contribution in [2.75, 3.05) is 6.54 Å². The molecule has 0 saturated carbocycles. The number of hydrazone groups is 1. The van der Waals surface area contributed by atoms with Crippen LogP contribution in [0.4, 0.5) is 0 Å². The number of sulfonamides is 1. The molecule has 0 aliphatic rings. The zero-order valence-electron chi connectivity index (χ0n) is 20.4. The number of hydrogen-bond acceptors (Lipinski definition) is 5. The fourth-order valence-electron chi connectivity index (χ4n) is 3.57. The molecule has 1 amide bonds. The highest BCUT2D eigenvalue weighted by molar-refractivity contribution is 9.10. The molecule has 0 aliphatic heterocycles. The van der Waals surface area contributed by atoms with Crippen molar-refractivity contribution in [2.24, 2.45) is 5.10 Å². The van der Waals surface area contributed by atoms with Crippen LogP contribution < -0.4 is 10.2 Å². The molecule has 0 fully saturated rings. The largest absolute Gasteiger partial charge is 0.489 e. The SMILES string of the molecule is O=C(CN(Cc1ccccc1)S(=O)(=O)c1ccc(Br)cc1)N/N=C\c1cccc(OCc2ccccc2)c1. The van der Waals surface area contributed by atoms with E-state index in [1.165, 1.54) is 18.3 Å². The number of nitrogens with one attached hydrogen (secondary N) is 1. The fourth-order valence-corrected chi connectivity index (χ4v) is 5.22. The van der Waals surface area contributed by atoms with Gasteiger partial charge < -0.3 is 4.74 Å². The molecule has 0 heterocycles. The van der Waals surface area contributed by atoms with Gasteiger partial charge in [0.1, 0.15) is 12.4 Å². The van der Waals surface area contributed by atoms with E-state index in [0.29, 0.717) is 12.4 Å². The molecule has 0 aromatic heterocycles. The first kappa shape index (κ1) is 27.3. The van der Waals surface area contributed by atoms with E-state index >= 15 is 0 Å². The first-order valence-corrected chi connectivity index (χ1v) is 14.0. The molecular formula is C29H26BrN3O4S. The van der Waals surface area contributed by atoms with Gasteiger partial charge in [-0.05, 0) is 53.1 Å². The third-order valence-electron chi connectivity index (χ3n) is 5.48. The predicted octanol–water partition coefficient (Wildman–Crippen LogP) is 5.37. The zero-order valence-corrected chi connectivity index (χ0v) is 22.8. The summed E-state index contributed by atoms with van der Waals surface area (Å²) in [6.07, 6.45) is 1.48. The number of ether oxygens (including phenoxy) is 1. The molecule has 194 valence electrons. The molecule has 1 N–H and O–H groups in total. The lowest BCUT2D eigenvalue weighted by molar-refractivity contribution is -0.121. The standard InChI is InChI=1S/C29H26BrN3O4S/c30-26-14-16-28(17-15-26)38(35,36)33(20-23-8-3-1-4-9-23)21-29(34)32-31-19-25-12-7-13-27(18-25)37-22-24-10-5-2-6-11-24/h1-19H,20-22H2,(H,32,34)/b31-19-. The molecule has 7 nitrogen and oxygen atoms in total. The first-order chi connectivity index (χ1) is 18.4. The van der Waals surface area contributed by atoms with Gasteiger partial charge in [0.05, 0.1) is 17.7 Å². The van der Waals surface area contributed by atoms with E-state index in [4.69, 9.17) is 4.74 Å². The fraction of sp³-hybridized carbons (Fsp3) is 0.103. The Morgan fingerprint density at radius 2 is 1.53 bits per heavy atom. The lowest BCUT2D eigenvalue weighted by atomic mass is 10.2. The molecular weight excluding hydrogens is 566 g/mol. The summed E-state index contributed by atoms with van der Waals surface area (Å²) in [6, 6.07) is 32.5. The van der Waals surface area contributed by atoms with Gasteiger partial charge in [0.2, 0.25) is 10.0 Å². The number of amides is 1. The Morgan fingerprint density at radius 3 is 2.21 bits per heavy atom. The maximum Gasteiger partial charge on any atom is 0.255 e. The summed E-state index contributed by atoms with van der Waals surface area (Å²) in [5.41, 5.74) is 4.97. The average Bonchev–Trinajstić information content (AvgIpc) is 2.93. The van der Waals surface area contributed by atoms with E-state index < -0.39 is 22.5 Å². The van der Waals surface area contributed by atoms with Crippen LogP contribution in [0.5, 0.6) is 5.75 Å². The molecule has 0 unspecified atom stereocenters. The van der Waals surface area contributed by atoms with E-state index in [2.05, 4.69) is 26.5 Å². The molecule has 9 heteroatoms. The normalized spacial score (nSPS) is 11.5. The van der Waals surface area contributed by atoms with E-state index in [1.807, 2.05) is 78.9 Å². The van der Waals surface area contributed by atoms with Crippen molar-refractivity contribution in [3.05, 3.63) is 130 Å². The van der Waals surface area contributed by atoms with Crippen LogP contribution in [0.3, 0.4) is 0 Å². The van der Waals surface area contributed by atoms with Gasteiger partial charge in [0, 0.05) is 11.0 Å². The van der Waals surface area contributed by atoms with E-state index in [9.17, 15) is 13.2 Å². The minimum atomic E-state index is -3.94. The van der Waals surface area contributed by atoms with E-state index in [-0.39, 0.29) is 11.4 Å². The second kappa shape index (κ2) is 13.1. The van der Waals surface area contributed by atoms with Gasteiger partial charge in [-0.3, -0.25) is 4.79 Å². The molecule has 0 radical (unpaired) electrons. The summed E-state index contributed by atoms with van der Waals surface area (Å²) in [6.45, 7) is 0.0737. The monoisotopic (exact) mass is 591 g/mol. The summed E-state index contributed by atoms with van der Waals surface area (Å²) in [4.78, 5) is 12.8. The highest BCUT2D eigenvalue weighted by Crippen LogP contribution is 2.21. The lowest BCUT2D eigenvalue weighted by Gasteiger charge is -2.21. The van der Waals surface area contributed by atoms with Crippen molar-refractivity contribution in [2.45, 2.75) is 18.0 Å². The van der Waals surface area contributed by atoms with E-state index in [0.717, 1.165) is 25.5 Å². The quantitative estimate of drug-likeness (QED) is 0.188. The van der Waals surface area contributed by atoms with Crippen LogP contribution in [0.15, 0.2) is 124 Å². The number of halogens is 1. The molecule has 4 rings (SSSR count). The Morgan fingerprint density at radius 1 is 0.868 bits per heavy atom. The Labute approximate surface area is 231 Å². The van der Waals surface area contributed by atoms with Crippen LogP contribution >= 0.6 is 15.9 Å². The first-order valence-electron chi connectivity index (χ1n) is 11.8. The third-order valence-corrected chi connectivity index (χ3v) is 7.82. The molecule has 4 aromatic rings. The van der Waals surface area contributed by atoms with Crippen molar-refractivity contribution in [3.63, 3.8) is 0 Å². The van der Waals surface area contributed by atoms with Crippen molar-refractivity contribution in [1.29, 1.82) is 0 Å². The smallest absolute Gasteiger partial charge is 0.255 e. The summed E-state index contributed by atoms with van der Waals surface area (Å²) in [5, 5.41) is 4.02. The van der Waals surface area contributed by atoms with Crippen LogP contribution in [-0.4, -0.2) is 31.4 Å². The topological polar surface area (TPSA) is 88.1 Å². The maximum absolute atomic E-state index is 13.4. The van der Waals surface area contributed by atoms with Gasteiger partial charge in [0.15, 0.2) is 0 Å². The molecule has 38 heavy (non-hydrogen) atoms. The van der Waals surface area contributed by atoms with Gasteiger partial charge in [-0.25, -0.2) is 13.8 Å². The van der Waals surface area contributed by atoms with Crippen molar-refractivity contribution in [3.8, 4) is 5.75 Å². The molecule has 0 aliphatic carbocycles. The number of benzene rings is 4. The Kier molecular flexibility index (Phi) is 9.42. The molecule has 0 spiro atoms. The third kappa shape index (κ3) is 7.85. The molecule has 4 aromatic carbocycles. The van der Waals surface area contributed by atoms with Gasteiger partial charge in [-0.1, -0.05) is 88.7 Å². The van der Waals surface area contributed by atoms with Gasteiger partial charge in [-0.2, -0.15) is 9.41 Å². The van der Waals surface area contributed by atoms with Crippen molar-refractivity contribution in [1.82, 2.24) is 9.73 Å². The molecule has 0 atom stereocenters. The summed E-state index contributed by atoms with van der Waals surface area (Å²) in [7, 11) is -3.94. The van der Waals surface area contributed by atoms with Gasteiger partial charge in [-0.15, -0.1) is 0 Å². The van der Waals surface area contributed by atoms with Crippen LogP contribution in [0.2, 0.25) is 0 Å². The summed E-state index contributed by atoms with van der Waals surface area (Å²) in [5.74, 6) is 0.105. The van der Waals surface area contributed by atoms with Crippen molar-refractivity contribution < 1.29 is 17.9 Å². The summed E-state index contributed by atoms with van der Waals surface area (Å²) >= 11 is 3.32. The Bertz CT molecular complexity index is 1480. The second-order valence-corrected chi connectivity index (χ2v) is 11.2. The van der Waals surface area contributed by atoms with Crippen LogP contribution in [0, 0.1) is 0 Å². The summed E-state index contributed by atoms with van der Waals surface area (Å²) < 4.78 is 34.4. The minimum Gasteiger partial charge on any atom is -0.489 e. The second-order valence-electron chi connectivity index (χ2n) is 8.35. The highest BCUT2D eigenvalue weighted by atomic mass is 79.9. The Balaban J connectivity index is 1.41. The maximum atomic E-state index is 13.4. The number of hydrogen-bond donors (Lipinski definition) is 1. The van der Waals surface area contributed by atoms with Gasteiger partial charge in [0.25, 0.3) is 5.91 Å². The average molecular weight is 593 g/mol. The van der Waals surface area contributed by atoms with Crippen LogP contribution in [0.1, 0.15) is 16.7 Å². The Hall–Kier alpha value is -3.79. The number of rotatable bonds is 11. The van der Waals surface area contributed by atoms with Crippen molar-refractivity contribution >= 4 is 38.1 Å². The lowest BCUT2D eigenvalue weighted by Crippen LogP contribution is -2.39. The molecule has 0 saturated heterocycles. The van der Waals surface area contributed by atoms with Crippen LogP contribution in [-0.2, 0) is 28.0 Å². The zero-order chi connectivity index (χ0) is 26.8. The number of carbonyl (C=O) groups excluding carboxylic acids is 1. The van der Waals surface area contributed by atoms with E-state index in [1.54, 1.807) is 18.2 Å². The number of carbonyl (C=O) groups is 1.